The SMILES string of the molecule is O=C(O)c1cccc(OC2=C[C@@H](c3ccc(Oc4ccccc4)cc3)ON2)c1. The molecular formula is C22H17NO5. The molecular weight excluding hydrogens is 358 g/mol. The summed E-state index contributed by atoms with van der Waals surface area (Å²) in [5.41, 5.74) is 3.79. The van der Waals surface area contributed by atoms with Gasteiger partial charge in [-0.15, -0.1) is 0 Å². The van der Waals surface area contributed by atoms with Crippen LogP contribution in [0.3, 0.4) is 0 Å². The zero-order valence-corrected chi connectivity index (χ0v) is 14.7. The van der Waals surface area contributed by atoms with Gasteiger partial charge in [0.25, 0.3) is 0 Å². The van der Waals surface area contributed by atoms with Crippen molar-refractivity contribution in [1.29, 1.82) is 0 Å². The topological polar surface area (TPSA) is 77.0 Å². The lowest BCUT2D eigenvalue weighted by Gasteiger charge is -2.09. The van der Waals surface area contributed by atoms with E-state index < -0.39 is 5.97 Å². The molecule has 0 radical (unpaired) electrons. The minimum absolute atomic E-state index is 0.155. The Bertz CT molecular complexity index is 999. The van der Waals surface area contributed by atoms with Crippen LogP contribution in [0.15, 0.2) is 90.8 Å². The Morgan fingerprint density at radius 1 is 0.857 bits per heavy atom. The average molecular weight is 375 g/mol. The number of para-hydroxylation sites is 1. The molecule has 28 heavy (non-hydrogen) atoms. The highest BCUT2D eigenvalue weighted by Crippen LogP contribution is 2.28. The summed E-state index contributed by atoms with van der Waals surface area (Å²) in [6, 6.07) is 23.4. The fourth-order valence-electron chi connectivity index (χ4n) is 2.72. The zero-order valence-electron chi connectivity index (χ0n) is 14.7. The molecule has 1 atom stereocenters. The Kier molecular flexibility index (Phi) is 4.95. The molecule has 6 nitrogen and oxygen atoms in total. The van der Waals surface area contributed by atoms with Gasteiger partial charge in [-0.2, -0.15) is 0 Å². The Hall–Kier alpha value is -3.77. The van der Waals surface area contributed by atoms with Crippen LogP contribution in [0.5, 0.6) is 17.2 Å². The molecule has 0 bridgehead atoms. The molecule has 0 saturated carbocycles. The van der Waals surface area contributed by atoms with Gasteiger partial charge < -0.3 is 14.6 Å². The van der Waals surface area contributed by atoms with Crippen molar-refractivity contribution in [2.45, 2.75) is 6.10 Å². The second kappa shape index (κ2) is 7.85. The number of hydroxylamine groups is 1. The standard InChI is InChI=1S/C22H17NO5/c24-22(25)16-5-4-8-19(13-16)27-21-14-20(28-23-21)15-9-11-18(12-10-15)26-17-6-2-1-3-7-17/h1-14,20,23H,(H,24,25)/t20-/m0/s1. The van der Waals surface area contributed by atoms with Crippen LogP contribution in [0.4, 0.5) is 0 Å². The van der Waals surface area contributed by atoms with Gasteiger partial charge in [0.05, 0.1) is 5.56 Å². The number of hydrogen-bond donors (Lipinski definition) is 2. The molecule has 4 rings (SSSR count). The number of aromatic carboxylic acids is 1. The summed E-state index contributed by atoms with van der Waals surface area (Å²) in [6.45, 7) is 0. The number of rotatable bonds is 6. The molecule has 1 aliphatic rings. The third-order valence-corrected chi connectivity index (χ3v) is 4.09. The molecule has 0 unspecified atom stereocenters. The summed E-state index contributed by atoms with van der Waals surface area (Å²) >= 11 is 0. The summed E-state index contributed by atoms with van der Waals surface area (Å²) in [7, 11) is 0. The van der Waals surface area contributed by atoms with Crippen molar-refractivity contribution in [3.05, 3.63) is 102 Å². The van der Waals surface area contributed by atoms with E-state index in [9.17, 15) is 4.79 Å². The molecule has 3 aromatic carbocycles. The average Bonchev–Trinajstić information content (AvgIpc) is 3.18. The van der Waals surface area contributed by atoms with Gasteiger partial charge >= 0.3 is 5.97 Å². The second-order valence-corrected chi connectivity index (χ2v) is 6.09. The number of carboxylic acid groups (broad SMARTS) is 1. The van der Waals surface area contributed by atoms with Gasteiger partial charge in [-0.05, 0) is 48.0 Å². The van der Waals surface area contributed by atoms with E-state index in [4.69, 9.17) is 19.4 Å². The fourth-order valence-corrected chi connectivity index (χ4v) is 2.72. The van der Waals surface area contributed by atoms with Crippen LogP contribution in [0, 0.1) is 0 Å². The Labute approximate surface area is 161 Å². The molecule has 0 spiro atoms. The summed E-state index contributed by atoms with van der Waals surface area (Å²) in [6.07, 6.45) is 1.45. The molecule has 140 valence electrons. The molecule has 1 heterocycles. The van der Waals surface area contributed by atoms with Crippen LogP contribution in [0.2, 0.25) is 0 Å². The number of ether oxygens (including phenoxy) is 2. The van der Waals surface area contributed by atoms with Gasteiger partial charge in [-0.25, -0.2) is 10.3 Å². The van der Waals surface area contributed by atoms with Gasteiger partial charge in [-0.1, -0.05) is 36.4 Å². The third-order valence-electron chi connectivity index (χ3n) is 4.09. The molecule has 3 aromatic rings. The predicted molar refractivity (Wildman–Crippen MR) is 102 cm³/mol. The maximum atomic E-state index is 11.0. The first kappa shape index (κ1) is 17.6. The van der Waals surface area contributed by atoms with E-state index in [0.29, 0.717) is 11.6 Å². The zero-order chi connectivity index (χ0) is 19.3. The van der Waals surface area contributed by atoms with E-state index >= 15 is 0 Å². The van der Waals surface area contributed by atoms with Crippen molar-refractivity contribution < 1.29 is 24.2 Å². The van der Waals surface area contributed by atoms with E-state index in [0.717, 1.165) is 17.1 Å². The minimum Gasteiger partial charge on any atom is -0.478 e. The molecule has 1 aliphatic heterocycles. The van der Waals surface area contributed by atoms with E-state index in [1.165, 1.54) is 12.1 Å². The van der Waals surface area contributed by atoms with Crippen LogP contribution in [0.25, 0.3) is 0 Å². The number of carbonyl (C=O) groups is 1. The van der Waals surface area contributed by atoms with Crippen LogP contribution >= 0.6 is 0 Å². The Balaban J connectivity index is 1.42. The van der Waals surface area contributed by atoms with Gasteiger partial charge in [0.15, 0.2) is 0 Å². The molecule has 0 amide bonds. The maximum absolute atomic E-state index is 11.0. The quantitative estimate of drug-likeness (QED) is 0.652. The molecule has 2 N–H and O–H groups in total. The lowest BCUT2D eigenvalue weighted by Crippen LogP contribution is -2.12. The number of benzene rings is 3. The highest BCUT2D eigenvalue weighted by Gasteiger charge is 2.20. The van der Waals surface area contributed by atoms with Crippen LogP contribution in [-0.4, -0.2) is 11.1 Å². The first-order valence-electron chi connectivity index (χ1n) is 8.65. The minimum atomic E-state index is -1.01. The lowest BCUT2D eigenvalue weighted by atomic mass is 10.1. The molecule has 0 saturated heterocycles. The highest BCUT2D eigenvalue weighted by atomic mass is 16.7. The normalized spacial score (nSPS) is 15.4. The number of hydrogen-bond acceptors (Lipinski definition) is 5. The van der Waals surface area contributed by atoms with E-state index in [-0.39, 0.29) is 11.7 Å². The van der Waals surface area contributed by atoms with Crippen LogP contribution in [-0.2, 0) is 4.84 Å². The first-order chi connectivity index (χ1) is 13.7. The molecule has 0 aliphatic carbocycles. The maximum Gasteiger partial charge on any atom is 0.335 e. The summed E-state index contributed by atoms with van der Waals surface area (Å²) in [5, 5.41) is 9.06. The van der Waals surface area contributed by atoms with Crippen molar-refractivity contribution in [2.24, 2.45) is 0 Å². The molecule has 0 aromatic heterocycles. The van der Waals surface area contributed by atoms with Gasteiger partial charge in [0.2, 0.25) is 5.88 Å². The van der Waals surface area contributed by atoms with Crippen molar-refractivity contribution in [1.82, 2.24) is 5.48 Å². The van der Waals surface area contributed by atoms with Crippen LogP contribution in [0.1, 0.15) is 22.0 Å². The largest absolute Gasteiger partial charge is 0.478 e. The van der Waals surface area contributed by atoms with Gasteiger partial charge in [-0.3, -0.25) is 4.84 Å². The second-order valence-electron chi connectivity index (χ2n) is 6.09. The fraction of sp³-hybridized carbons (Fsp3) is 0.0455. The smallest absolute Gasteiger partial charge is 0.335 e. The highest BCUT2D eigenvalue weighted by molar-refractivity contribution is 5.88. The number of nitrogens with one attached hydrogen (secondary N) is 1. The summed E-state index contributed by atoms with van der Waals surface area (Å²) in [4.78, 5) is 16.6. The summed E-state index contributed by atoms with van der Waals surface area (Å²) < 4.78 is 11.4. The third kappa shape index (κ3) is 4.13. The van der Waals surface area contributed by atoms with Crippen molar-refractivity contribution in [2.75, 3.05) is 0 Å². The lowest BCUT2D eigenvalue weighted by molar-refractivity contribution is 0.0273. The van der Waals surface area contributed by atoms with Crippen molar-refractivity contribution >= 4 is 5.97 Å². The van der Waals surface area contributed by atoms with E-state index in [1.807, 2.05) is 54.6 Å². The monoisotopic (exact) mass is 375 g/mol. The van der Waals surface area contributed by atoms with Gasteiger partial charge in [0.1, 0.15) is 23.4 Å². The molecule has 0 fully saturated rings. The van der Waals surface area contributed by atoms with Gasteiger partial charge in [0, 0.05) is 6.08 Å². The number of carboxylic acids is 1. The summed E-state index contributed by atoms with van der Waals surface area (Å²) in [5.74, 6) is 1.30. The van der Waals surface area contributed by atoms with Crippen molar-refractivity contribution in [3.63, 3.8) is 0 Å². The van der Waals surface area contributed by atoms with E-state index in [2.05, 4.69) is 5.48 Å². The Morgan fingerprint density at radius 3 is 2.32 bits per heavy atom. The van der Waals surface area contributed by atoms with Crippen LogP contribution < -0.4 is 15.0 Å². The predicted octanol–water partition coefficient (Wildman–Crippen LogP) is 4.67. The molecule has 6 heteroatoms. The first-order valence-corrected chi connectivity index (χ1v) is 8.65. The van der Waals surface area contributed by atoms with E-state index in [1.54, 1.807) is 18.2 Å². The van der Waals surface area contributed by atoms with Crippen molar-refractivity contribution in [3.8, 4) is 17.2 Å². The Morgan fingerprint density at radius 2 is 1.57 bits per heavy atom.